The summed E-state index contributed by atoms with van der Waals surface area (Å²) >= 11 is 0. The van der Waals surface area contributed by atoms with Gasteiger partial charge >= 0.3 is 0 Å². The van der Waals surface area contributed by atoms with E-state index < -0.39 is 10.8 Å². The summed E-state index contributed by atoms with van der Waals surface area (Å²) in [6.45, 7) is 4.82. The van der Waals surface area contributed by atoms with Gasteiger partial charge in [-0.05, 0) is 13.3 Å². The monoisotopic (exact) mass is 296 g/mol. The Morgan fingerprint density at radius 1 is 1.55 bits per heavy atom. The molecule has 2 heterocycles. The first kappa shape index (κ1) is 14.9. The number of nitrogens with zero attached hydrogens (tertiary/aromatic N) is 3. The summed E-state index contributed by atoms with van der Waals surface area (Å²) in [4.78, 5) is 22.0. The van der Waals surface area contributed by atoms with Gasteiger partial charge in [-0.3, -0.25) is 9.00 Å². The van der Waals surface area contributed by atoms with E-state index in [1.807, 2.05) is 17.9 Å². The van der Waals surface area contributed by atoms with Crippen LogP contribution >= 0.6 is 0 Å². The number of aryl methyl sites for hydroxylation is 1. The van der Waals surface area contributed by atoms with Crippen LogP contribution in [0.1, 0.15) is 30.9 Å². The number of likely N-dealkylation sites (tertiary alicyclic amines) is 1. The van der Waals surface area contributed by atoms with Gasteiger partial charge in [-0.1, -0.05) is 0 Å². The minimum Gasteiger partial charge on any atom is -0.369 e. The van der Waals surface area contributed by atoms with Gasteiger partial charge in [0.2, 0.25) is 5.91 Å². The maximum Gasteiger partial charge on any atom is 0.220 e. The van der Waals surface area contributed by atoms with Crippen LogP contribution < -0.4 is 5.32 Å². The van der Waals surface area contributed by atoms with Crippen molar-refractivity contribution >= 4 is 22.5 Å². The number of hydrogen-bond acceptors (Lipinski definition) is 5. The van der Waals surface area contributed by atoms with E-state index in [2.05, 4.69) is 15.3 Å². The molecule has 1 aliphatic heterocycles. The summed E-state index contributed by atoms with van der Waals surface area (Å²) in [5.74, 6) is 2.07. The van der Waals surface area contributed by atoms with Gasteiger partial charge in [0.1, 0.15) is 11.6 Å². The second-order valence-corrected chi connectivity index (χ2v) is 6.50. The first-order valence-electron chi connectivity index (χ1n) is 6.64. The van der Waals surface area contributed by atoms with Crippen molar-refractivity contribution in [3.05, 3.63) is 17.6 Å². The molecule has 0 bridgehead atoms. The van der Waals surface area contributed by atoms with Crippen LogP contribution in [0.2, 0.25) is 0 Å². The Morgan fingerprint density at radius 3 is 2.85 bits per heavy atom. The summed E-state index contributed by atoms with van der Waals surface area (Å²) in [5.41, 5.74) is 0.874. The lowest BCUT2D eigenvalue weighted by Gasteiger charge is -2.40. The first-order chi connectivity index (χ1) is 9.47. The molecule has 20 heavy (non-hydrogen) atoms. The third-order valence-corrected chi connectivity index (χ3v) is 4.10. The molecule has 1 saturated heterocycles. The molecular formula is C13H20N4O2S. The lowest BCUT2D eigenvalue weighted by Crippen LogP contribution is -2.44. The molecule has 2 rings (SSSR count). The maximum atomic E-state index is 11.5. The number of aromatic nitrogens is 2. The highest BCUT2D eigenvalue weighted by atomic mass is 32.2. The Hall–Kier alpha value is -1.50. The SMILES string of the molecule is CC(=O)N1CCC1c1cc(NCCS(C)=O)nc(C)n1. The average molecular weight is 296 g/mol. The molecule has 0 saturated carbocycles. The largest absolute Gasteiger partial charge is 0.369 e. The summed E-state index contributed by atoms with van der Waals surface area (Å²) in [7, 11) is -0.820. The Bertz CT molecular complexity index is 535. The maximum absolute atomic E-state index is 11.5. The van der Waals surface area contributed by atoms with Gasteiger partial charge in [-0.2, -0.15) is 0 Å². The van der Waals surface area contributed by atoms with Crippen molar-refractivity contribution in [2.45, 2.75) is 26.3 Å². The van der Waals surface area contributed by atoms with Crippen LogP contribution in [-0.4, -0.2) is 50.1 Å². The Balaban J connectivity index is 2.08. The molecule has 110 valence electrons. The average Bonchev–Trinajstić information content (AvgIpc) is 2.24. The molecule has 0 aromatic carbocycles. The van der Waals surface area contributed by atoms with Crippen molar-refractivity contribution in [1.82, 2.24) is 14.9 Å². The number of nitrogens with one attached hydrogen (secondary N) is 1. The molecule has 1 amide bonds. The smallest absolute Gasteiger partial charge is 0.220 e. The molecule has 7 heteroatoms. The standard InChI is InChI=1S/C13H20N4O2S/c1-9-15-11(12-4-6-17(12)10(2)18)8-13(16-9)14-5-7-20(3)19/h8,12H,4-7H2,1-3H3,(H,14,15,16). The van der Waals surface area contributed by atoms with Crippen molar-refractivity contribution in [3.8, 4) is 0 Å². The molecule has 2 unspecified atom stereocenters. The normalized spacial score (nSPS) is 19.4. The zero-order valence-electron chi connectivity index (χ0n) is 12.0. The Labute approximate surface area is 121 Å². The van der Waals surface area contributed by atoms with Crippen molar-refractivity contribution < 1.29 is 9.00 Å². The Kier molecular flexibility index (Phi) is 4.69. The number of carbonyl (C=O) groups excluding carboxylic acids is 1. The number of carbonyl (C=O) groups is 1. The van der Waals surface area contributed by atoms with E-state index in [1.54, 1.807) is 13.2 Å². The van der Waals surface area contributed by atoms with E-state index >= 15 is 0 Å². The molecule has 1 aromatic rings. The van der Waals surface area contributed by atoms with Crippen LogP contribution in [-0.2, 0) is 15.6 Å². The van der Waals surface area contributed by atoms with Crippen LogP contribution in [0.15, 0.2) is 6.07 Å². The molecule has 0 spiro atoms. The van der Waals surface area contributed by atoms with Gasteiger partial charge < -0.3 is 10.2 Å². The van der Waals surface area contributed by atoms with E-state index in [0.717, 1.165) is 24.5 Å². The van der Waals surface area contributed by atoms with E-state index in [4.69, 9.17) is 0 Å². The molecule has 2 atom stereocenters. The fraction of sp³-hybridized carbons (Fsp3) is 0.615. The molecule has 0 aliphatic carbocycles. The number of anilines is 1. The summed E-state index contributed by atoms with van der Waals surface area (Å²) in [6.07, 6.45) is 2.62. The summed E-state index contributed by atoms with van der Waals surface area (Å²) in [5, 5.41) is 3.16. The lowest BCUT2D eigenvalue weighted by atomic mass is 9.99. The van der Waals surface area contributed by atoms with Crippen molar-refractivity contribution in [1.29, 1.82) is 0 Å². The summed E-state index contributed by atoms with van der Waals surface area (Å²) in [6, 6.07) is 1.95. The highest BCUT2D eigenvalue weighted by Crippen LogP contribution is 2.32. The second kappa shape index (κ2) is 6.30. The fourth-order valence-electron chi connectivity index (χ4n) is 2.25. The quantitative estimate of drug-likeness (QED) is 0.872. The van der Waals surface area contributed by atoms with Crippen LogP contribution in [0, 0.1) is 6.92 Å². The van der Waals surface area contributed by atoms with Gasteiger partial charge in [0.25, 0.3) is 0 Å². The molecule has 0 radical (unpaired) electrons. The fourth-order valence-corrected chi connectivity index (χ4v) is 2.64. The van der Waals surface area contributed by atoms with Crippen LogP contribution in [0.4, 0.5) is 5.82 Å². The van der Waals surface area contributed by atoms with Crippen molar-refractivity contribution in [2.24, 2.45) is 0 Å². The lowest BCUT2D eigenvalue weighted by molar-refractivity contribution is -0.136. The molecule has 1 aromatic heterocycles. The highest BCUT2D eigenvalue weighted by Gasteiger charge is 2.32. The van der Waals surface area contributed by atoms with Gasteiger partial charge in [0.15, 0.2) is 0 Å². The topological polar surface area (TPSA) is 75.2 Å². The summed E-state index contributed by atoms with van der Waals surface area (Å²) < 4.78 is 11.0. The third-order valence-electron chi connectivity index (χ3n) is 3.32. The number of rotatable bonds is 5. The Morgan fingerprint density at radius 2 is 2.30 bits per heavy atom. The van der Waals surface area contributed by atoms with E-state index in [1.165, 1.54) is 0 Å². The minimum atomic E-state index is -0.820. The van der Waals surface area contributed by atoms with Crippen molar-refractivity contribution in [3.63, 3.8) is 0 Å². The zero-order chi connectivity index (χ0) is 14.7. The predicted octanol–water partition coefficient (Wildman–Crippen LogP) is 0.869. The van der Waals surface area contributed by atoms with Gasteiger partial charge in [-0.25, -0.2) is 9.97 Å². The van der Waals surface area contributed by atoms with E-state index in [9.17, 15) is 9.00 Å². The van der Waals surface area contributed by atoms with Gasteiger partial charge in [0, 0.05) is 48.9 Å². The molecule has 1 N–H and O–H groups in total. The van der Waals surface area contributed by atoms with Crippen molar-refractivity contribution in [2.75, 3.05) is 30.4 Å². The minimum absolute atomic E-state index is 0.0649. The highest BCUT2D eigenvalue weighted by molar-refractivity contribution is 7.84. The van der Waals surface area contributed by atoms with Crippen LogP contribution in [0.5, 0.6) is 0 Å². The molecular weight excluding hydrogens is 276 g/mol. The number of hydrogen-bond donors (Lipinski definition) is 1. The van der Waals surface area contributed by atoms with Crippen LogP contribution in [0.25, 0.3) is 0 Å². The third kappa shape index (κ3) is 3.53. The zero-order valence-corrected chi connectivity index (χ0v) is 12.9. The van der Waals surface area contributed by atoms with E-state index in [0.29, 0.717) is 18.1 Å². The van der Waals surface area contributed by atoms with Gasteiger partial charge in [0.05, 0.1) is 11.7 Å². The van der Waals surface area contributed by atoms with E-state index in [-0.39, 0.29) is 11.9 Å². The predicted molar refractivity (Wildman–Crippen MR) is 78.9 cm³/mol. The first-order valence-corrected chi connectivity index (χ1v) is 8.37. The van der Waals surface area contributed by atoms with Gasteiger partial charge in [-0.15, -0.1) is 0 Å². The molecule has 1 fully saturated rings. The molecule has 6 nitrogen and oxygen atoms in total. The second-order valence-electron chi connectivity index (χ2n) is 4.95. The van der Waals surface area contributed by atoms with Crippen LogP contribution in [0.3, 0.4) is 0 Å². The number of amides is 1. The molecule has 1 aliphatic rings.